The molecule has 0 aliphatic carbocycles. The highest BCUT2D eigenvalue weighted by Gasteiger charge is 2.27. The van der Waals surface area contributed by atoms with Crippen molar-refractivity contribution in [1.29, 1.82) is 0 Å². The minimum absolute atomic E-state index is 0.0367. The standard InChI is InChI=1S/C22H20Cl2N4O/c23-17-9-18(24)11-19(10-17)27-22(29)16-7-4-8-28(13-16)21-12-20(25-14-26-21)15-5-2-1-3-6-15/h1-3,5-6,9-12,14,16H,4,7-8,13H2,(H,27,29). The van der Waals surface area contributed by atoms with Gasteiger partial charge < -0.3 is 10.2 Å². The molecule has 29 heavy (non-hydrogen) atoms. The van der Waals surface area contributed by atoms with Crippen LogP contribution in [0, 0.1) is 5.92 Å². The molecule has 1 N–H and O–H groups in total. The number of piperidine rings is 1. The molecular weight excluding hydrogens is 407 g/mol. The number of carbonyl (C=O) groups is 1. The van der Waals surface area contributed by atoms with Crippen LogP contribution in [-0.2, 0) is 4.79 Å². The lowest BCUT2D eigenvalue weighted by molar-refractivity contribution is -0.120. The topological polar surface area (TPSA) is 58.1 Å². The monoisotopic (exact) mass is 426 g/mol. The van der Waals surface area contributed by atoms with E-state index in [-0.39, 0.29) is 11.8 Å². The summed E-state index contributed by atoms with van der Waals surface area (Å²) in [6, 6.07) is 17.0. The number of halogens is 2. The summed E-state index contributed by atoms with van der Waals surface area (Å²) in [4.78, 5) is 23.8. The van der Waals surface area contributed by atoms with Crippen molar-refractivity contribution in [2.75, 3.05) is 23.3 Å². The number of hydrogen-bond donors (Lipinski definition) is 1. The van der Waals surface area contributed by atoms with Gasteiger partial charge in [-0.15, -0.1) is 0 Å². The molecule has 4 rings (SSSR count). The van der Waals surface area contributed by atoms with Crippen molar-refractivity contribution in [3.8, 4) is 11.3 Å². The van der Waals surface area contributed by atoms with Gasteiger partial charge in [-0.1, -0.05) is 53.5 Å². The lowest BCUT2D eigenvalue weighted by Crippen LogP contribution is -2.41. The summed E-state index contributed by atoms with van der Waals surface area (Å²) >= 11 is 12.1. The molecule has 1 fully saturated rings. The highest BCUT2D eigenvalue weighted by Crippen LogP contribution is 2.27. The Morgan fingerprint density at radius 1 is 1.03 bits per heavy atom. The van der Waals surface area contributed by atoms with Gasteiger partial charge in [0.2, 0.25) is 5.91 Å². The van der Waals surface area contributed by atoms with E-state index < -0.39 is 0 Å². The molecule has 2 aromatic carbocycles. The average Bonchev–Trinajstić information content (AvgIpc) is 2.74. The smallest absolute Gasteiger partial charge is 0.229 e. The molecule has 148 valence electrons. The van der Waals surface area contributed by atoms with E-state index in [0.29, 0.717) is 22.3 Å². The highest BCUT2D eigenvalue weighted by molar-refractivity contribution is 6.35. The second-order valence-electron chi connectivity index (χ2n) is 7.06. The van der Waals surface area contributed by atoms with Crippen LogP contribution in [0.3, 0.4) is 0 Å². The van der Waals surface area contributed by atoms with Crippen LogP contribution in [0.2, 0.25) is 10.0 Å². The minimum atomic E-state index is -0.142. The third kappa shape index (κ3) is 4.86. The molecule has 0 saturated carbocycles. The Morgan fingerprint density at radius 3 is 2.55 bits per heavy atom. The van der Waals surface area contributed by atoms with Gasteiger partial charge in [0.05, 0.1) is 11.6 Å². The van der Waals surface area contributed by atoms with Gasteiger partial charge in [0.15, 0.2) is 0 Å². The lowest BCUT2D eigenvalue weighted by Gasteiger charge is -2.33. The Hall–Kier alpha value is -2.63. The van der Waals surface area contributed by atoms with E-state index in [1.807, 2.05) is 36.4 Å². The first-order valence-electron chi connectivity index (χ1n) is 9.48. The highest BCUT2D eigenvalue weighted by atomic mass is 35.5. The largest absolute Gasteiger partial charge is 0.356 e. The van der Waals surface area contributed by atoms with Crippen LogP contribution in [0.25, 0.3) is 11.3 Å². The van der Waals surface area contributed by atoms with Crippen LogP contribution >= 0.6 is 23.2 Å². The fourth-order valence-corrected chi connectivity index (χ4v) is 4.08. The molecule has 0 radical (unpaired) electrons. The summed E-state index contributed by atoms with van der Waals surface area (Å²) < 4.78 is 0. The number of carbonyl (C=O) groups excluding carboxylic acids is 1. The molecule has 2 heterocycles. The van der Waals surface area contributed by atoms with Gasteiger partial charge >= 0.3 is 0 Å². The van der Waals surface area contributed by atoms with Crippen molar-refractivity contribution in [2.45, 2.75) is 12.8 Å². The third-order valence-corrected chi connectivity index (χ3v) is 5.40. The quantitative estimate of drug-likeness (QED) is 0.614. The first-order valence-corrected chi connectivity index (χ1v) is 10.2. The summed E-state index contributed by atoms with van der Waals surface area (Å²) in [7, 11) is 0. The first kappa shape index (κ1) is 19.7. The van der Waals surface area contributed by atoms with Crippen molar-refractivity contribution in [3.63, 3.8) is 0 Å². The zero-order chi connectivity index (χ0) is 20.2. The number of anilines is 2. The molecule has 1 aromatic heterocycles. The number of nitrogens with one attached hydrogen (secondary N) is 1. The number of aromatic nitrogens is 2. The number of benzene rings is 2. The van der Waals surface area contributed by atoms with E-state index in [0.717, 1.165) is 36.5 Å². The van der Waals surface area contributed by atoms with Crippen LogP contribution in [0.4, 0.5) is 11.5 Å². The van der Waals surface area contributed by atoms with Gasteiger partial charge in [-0.05, 0) is 31.0 Å². The Morgan fingerprint density at radius 2 is 1.79 bits per heavy atom. The molecule has 3 aromatic rings. The molecule has 1 unspecified atom stereocenters. The Labute approximate surface area is 179 Å². The summed E-state index contributed by atoms with van der Waals surface area (Å²) in [5.41, 5.74) is 2.52. The molecule has 0 spiro atoms. The molecule has 1 aliphatic rings. The summed E-state index contributed by atoms with van der Waals surface area (Å²) in [6.45, 7) is 1.46. The van der Waals surface area contributed by atoms with Crippen molar-refractivity contribution in [2.24, 2.45) is 5.92 Å². The fraction of sp³-hybridized carbons (Fsp3) is 0.227. The molecule has 5 nitrogen and oxygen atoms in total. The molecule has 1 saturated heterocycles. The molecular formula is C22H20Cl2N4O. The summed E-state index contributed by atoms with van der Waals surface area (Å²) in [5, 5.41) is 3.92. The molecule has 7 heteroatoms. The second-order valence-corrected chi connectivity index (χ2v) is 7.93. The number of nitrogens with zero attached hydrogens (tertiary/aromatic N) is 3. The van der Waals surface area contributed by atoms with Crippen molar-refractivity contribution in [1.82, 2.24) is 9.97 Å². The maximum atomic E-state index is 12.8. The normalized spacial score (nSPS) is 16.5. The van der Waals surface area contributed by atoms with E-state index >= 15 is 0 Å². The van der Waals surface area contributed by atoms with E-state index in [1.54, 1.807) is 24.5 Å². The Balaban J connectivity index is 1.47. The second kappa shape index (κ2) is 8.80. The van der Waals surface area contributed by atoms with Crippen LogP contribution < -0.4 is 10.2 Å². The zero-order valence-corrected chi connectivity index (χ0v) is 17.2. The van der Waals surface area contributed by atoms with Gasteiger partial charge in [-0.3, -0.25) is 4.79 Å². The SMILES string of the molecule is O=C(Nc1cc(Cl)cc(Cl)c1)C1CCCN(c2cc(-c3ccccc3)ncn2)C1. The average molecular weight is 427 g/mol. The van der Waals surface area contributed by atoms with Crippen molar-refractivity contribution >= 4 is 40.6 Å². The van der Waals surface area contributed by atoms with Gasteiger partial charge in [-0.2, -0.15) is 0 Å². The van der Waals surface area contributed by atoms with Gasteiger partial charge in [-0.25, -0.2) is 9.97 Å². The summed E-state index contributed by atoms with van der Waals surface area (Å²) in [6.07, 6.45) is 3.32. The minimum Gasteiger partial charge on any atom is -0.356 e. The zero-order valence-electron chi connectivity index (χ0n) is 15.7. The molecule has 1 amide bonds. The van der Waals surface area contributed by atoms with Gasteiger partial charge in [0.25, 0.3) is 0 Å². The van der Waals surface area contributed by atoms with Gasteiger partial charge in [0, 0.05) is 40.5 Å². The first-order chi connectivity index (χ1) is 14.1. The van der Waals surface area contributed by atoms with Crippen LogP contribution in [0.1, 0.15) is 12.8 Å². The Kier molecular flexibility index (Phi) is 5.97. The third-order valence-electron chi connectivity index (χ3n) is 4.97. The van der Waals surface area contributed by atoms with Crippen LogP contribution in [0.5, 0.6) is 0 Å². The maximum absolute atomic E-state index is 12.8. The maximum Gasteiger partial charge on any atom is 0.229 e. The van der Waals surface area contributed by atoms with Crippen molar-refractivity contribution < 1.29 is 4.79 Å². The summed E-state index contributed by atoms with van der Waals surface area (Å²) in [5.74, 6) is 0.657. The van der Waals surface area contributed by atoms with Crippen LogP contribution in [-0.4, -0.2) is 29.0 Å². The molecule has 1 atom stereocenters. The van der Waals surface area contributed by atoms with Gasteiger partial charge in [0.1, 0.15) is 12.1 Å². The molecule has 1 aliphatic heterocycles. The lowest BCUT2D eigenvalue weighted by atomic mass is 9.97. The fourth-order valence-electron chi connectivity index (χ4n) is 3.56. The van der Waals surface area contributed by atoms with Crippen LogP contribution in [0.15, 0.2) is 60.9 Å². The Bertz CT molecular complexity index is 992. The van der Waals surface area contributed by atoms with E-state index in [2.05, 4.69) is 20.2 Å². The van der Waals surface area contributed by atoms with E-state index in [4.69, 9.17) is 23.2 Å². The van der Waals surface area contributed by atoms with E-state index in [9.17, 15) is 4.79 Å². The number of amides is 1. The predicted molar refractivity (Wildman–Crippen MR) is 117 cm³/mol. The van der Waals surface area contributed by atoms with E-state index in [1.165, 1.54) is 0 Å². The molecule has 0 bridgehead atoms. The van der Waals surface area contributed by atoms with Crippen molar-refractivity contribution in [3.05, 3.63) is 71.0 Å². The predicted octanol–water partition coefficient (Wildman–Crippen LogP) is 5.31. The number of rotatable bonds is 4. The number of hydrogen-bond acceptors (Lipinski definition) is 4.